The quantitative estimate of drug-likeness (QED) is 0.673. The fraction of sp³-hybridized carbons (Fsp3) is 0.727. The highest BCUT2D eigenvalue weighted by Gasteiger charge is 2.29. The number of hydroxylamine groups is 2. The summed E-state index contributed by atoms with van der Waals surface area (Å²) in [4.78, 5) is 6.31. The van der Waals surface area contributed by atoms with E-state index >= 15 is 0 Å². The molecule has 122 valence electrons. The number of aliphatic imine (C=N–C) groups is 1. The molecule has 1 unspecified atom stereocenters. The van der Waals surface area contributed by atoms with E-state index in [0.29, 0.717) is 6.42 Å². The molecule has 0 radical (unpaired) electrons. The van der Waals surface area contributed by atoms with Crippen molar-refractivity contribution in [1.82, 2.24) is 9.96 Å². The van der Waals surface area contributed by atoms with Crippen LogP contribution < -0.4 is 5.73 Å². The Morgan fingerprint density at radius 1 is 1.43 bits per heavy atom. The molecule has 2 rings (SSSR count). The third kappa shape index (κ3) is 4.56. The van der Waals surface area contributed by atoms with E-state index in [0.717, 1.165) is 36.8 Å². The van der Waals surface area contributed by atoms with Crippen LogP contribution >= 0.6 is 0 Å². The number of piperidine rings is 1. The molecule has 5 N–H and O–H groups in total. The molecule has 1 atom stereocenters. The predicted octanol–water partition coefficient (Wildman–Crippen LogP) is -0.368. The molecule has 1 saturated heterocycles. The number of guanidine groups is 1. The second-order valence-electron chi connectivity index (χ2n) is 4.85. The van der Waals surface area contributed by atoms with Gasteiger partial charge in [0.1, 0.15) is 5.82 Å². The van der Waals surface area contributed by atoms with Gasteiger partial charge in [-0.15, -0.1) is 4.28 Å². The summed E-state index contributed by atoms with van der Waals surface area (Å²) in [5.41, 5.74) is 5.76. The maximum Gasteiger partial charge on any atom is 0.418 e. The Kier molecular flexibility index (Phi) is 5.96. The van der Waals surface area contributed by atoms with Gasteiger partial charge in [0.05, 0.1) is 6.04 Å². The molecule has 0 spiro atoms. The first-order valence-corrected chi connectivity index (χ1v) is 8.04. The lowest BCUT2D eigenvalue weighted by molar-refractivity contribution is -0.0162. The zero-order chi connectivity index (χ0) is 14.8. The van der Waals surface area contributed by atoms with E-state index in [4.69, 9.17) is 10.3 Å². The first kappa shape index (κ1) is 17.7. The monoisotopic (exact) mass is 322 g/mol. The van der Waals surface area contributed by atoms with Gasteiger partial charge in [-0.25, -0.2) is 0 Å². The molecule has 0 amide bonds. The molecular formula is C11H22N4O5S. The molecule has 0 bridgehead atoms. The summed E-state index contributed by atoms with van der Waals surface area (Å²) >= 11 is 0. The van der Waals surface area contributed by atoms with E-state index in [2.05, 4.69) is 14.2 Å². The van der Waals surface area contributed by atoms with Gasteiger partial charge in [0, 0.05) is 13.1 Å². The van der Waals surface area contributed by atoms with Gasteiger partial charge in [-0.05, 0) is 31.8 Å². The number of nitrogens with two attached hydrogens (primary N) is 1. The summed E-state index contributed by atoms with van der Waals surface area (Å²) in [5.74, 6) is 0.668. The highest BCUT2D eigenvalue weighted by molar-refractivity contribution is 7.80. The van der Waals surface area contributed by atoms with Crippen LogP contribution in [0.15, 0.2) is 16.9 Å². The van der Waals surface area contributed by atoms with Crippen LogP contribution in [0.2, 0.25) is 0 Å². The van der Waals surface area contributed by atoms with Crippen molar-refractivity contribution in [2.24, 2.45) is 10.7 Å². The van der Waals surface area contributed by atoms with Crippen LogP contribution in [0.4, 0.5) is 0 Å². The first-order valence-electron chi connectivity index (χ1n) is 6.68. The Bertz CT molecular complexity index is 513. The molecule has 21 heavy (non-hydrogen) atoms. The number of hydrogen-bond acceptors (Lipinski definition) is 7. The molecule has 0 aromatic rings. The van der Waals surface area contributed by atoms with Crippen LogP contribution in [0.3, 0.4) is 0 Å². The van der Waals surface area contributed by atoms with Crippen molar-refractivity contribution >= 4 is 16.4 Å². The third-order valence-electron chi connectivity index (χ3n) is 3.37. The first-order chi connectivity index (χ1) is 9.40. The molecule has 2 heterocycles. The Morgan fingerprint density at radius 2 is 2.05 bits per heavy atom. The van der Waals surface area contributed by atoms with Gasteiger partial charge in [0.2, 0.25) is 5.96 Å². The lowest BCUT2D eigenvalue weighted by atomic mass is 10.1. The summed E-state index contributed by atoms with van der Waals surface area (Å²) in [7, 11) is -4.62. The molecule has 2 aliphatic rings. The van der Waals surface area contributed by atoms with Crippen LogP contribution in [-0.2, 0) is 14.7 Å². The normalized spacial score (nSPS) is 23.2. The standard InChI is InChI=1S/C11H20N4O4S.H2O/c1-2-9-8-10(14-6-4-3-5-7-14)13-11(12)15(9)19-20(16,17)18;/h8-9H,2-7H2,1H3,(H2,12,13)(H,16,17,18);1H2. The Hall–Kier alpha value is -1.36. The fourth-order valence-electron chi connectivity index (χ4n) is 2.39. The maximum absolute atomic E-state index is 10.8. The van der Waals surface area contributed by atoms with Crippen molar-refractivity contribution in [3.63, 3.8) is 0 Å². The largest absolute Gasteiger partial charge is 0.418 e. The minimum Gasteiger partial charge on any atom is -0.412 e. The molecule has 0 aliphatic carbocycles. The van der Waals surface area contributed by atoms with E-state index in [-0.39, 0.29) is 17.5 Å². The minimum absolute atomic E-state index is 0. The molecule has 10 heteroatoms. The fourth-order valence-corrected chi connectivity index (χ4v) is 2.78. The molecule has 0 saturated carbocycles. The average Bonchev–Trinajstić information content (AvgIpc) is 2.40. The Labute approximate surface area is 124 Å². The predicted molar refractivity (Wildman–Crippen MR) is 77.3 cm³/mol. The summed E-state index contributed by atoms with van der Waals surface area (Å²) in [6.07, 6.45) is 5.80. The van der Waals surface area contributed by atoms with E-state index in [1.54, 1.807) is 0 Å². The second-order valence-corrected chi connectivity index (χ2v) is 5.85. The number of nitrogens with zero attached hydrogens (tertiary/aromatic N) is 3. The lowest BCUT2D eigenvalue weighted by Crippen LogP contribution is -2.48. The van der Waals surface area contributed by atoms with E-state index < -0.39 is 10.4 Å². The number of hydrogen-bond donors (Lipinski definition) is 2. The minimum atomic E-state index is -4.62. The second kappa shape index (κ2) is 7.07. The van der Waals surface area contributed by atoms with Crippen molar-refractivity contribution in [3.05, 3.63) is 11.9 Å². The van der Waals surface area contributed by atoms with Gasteiger partial charge < -0.3 is 16.1 Å². The zero-order valence-corrected chi connectivity index (χ0v) is 12.7. The molecular weight excluding hydrogens is 300 g/mol. The summed E-state index contributed by atoms with van der Waals surface area (Å²) < 4.78 is 34.9. The van der Waals surface area contributed by atoms with E-state index in [1.807, 2.05) is 13.0 Å². The number of likely N-dealkylation sites (tertiary alicyclic amines) is 1. The third-order valence-corrected chi connectivity index (χ3v) is 3.72. The summed E-state index contributed by atoms with van der Waals surface area (Å²) in [6.45, 7) is 3.70. The average molecular weight is 322 g/mol. The van der Waals surface area contributed by atoms with Gasteiger partial charge in [0.25, 0.3) is 0 Å². The lowest BCUT2D eigenvalue weighted by Gasteiger charge is -2.35. The topological polar surface area (TPSA) is 140 Å². The van der Waals surface area contributed by atoms with Gasteiger partial charge in [-0.2, -0.15) is 18.5 Å². The Balaban J connectivity index is 0.00000220. The molecule has 9 nitrogen and oxygen atoms in total. The summed E-state index contributed by atoms with van der Waals surface area (Å²) in [6, 6.07) is -0.383. The van der Waals surface area contributed by atoms with Gasteiger partial charge >= 0.3 is 10.4 Å². The van der Waals surface area contributed by atoms with Crippen molar-refractivity contribution in [2.45, 2.75) is 38.6 Å². The van der Waals surface area contributed by atoms with Crippen molar-refractivity contribution in [2.75, 3.05) is 13.1 Å². The van der Waals surface area contributed by atoms with E-state index in [1.165, 1.54) is 6.42 Å². The smallest absolute Gasteiger partial charge is 0.412 e. The molecule has 2 aliphatic heterocycles. The SMILES string of the molecule is CCC1C=C(N2CCCCC2)N=C(N)N1OS(=O)(=O)O.O. The molecule has 1 fully saturated rings. The van der Waals surface area contributed by atoms with Crippen LogP contribution in [0.5, 0.6) is 0 Å². The van der Waals surface area contributed by atoms with Crippen molar-refractivity contribution in [3.8, 4) is 0 Å². The van der Waals surface area contributed by atoms with Gasteiger partial charge in [-0.1, -0.05) is 6.92 Å². The van der Waals surface area contributed by atoms with Crippen LogP contribution in [0.1, 0.15) is 32.6 Å². The van der Waals surface area contributed by atoms with Gasteiger partial charge in [0.15, 0.2) is 0 Å². The zero-order valence-electron chi connectivity index (χ0n) is 11.9. The highest BCUT2D eigenvalue weighted by Crippen LogP contribution is 2.22. The molecule has 0 aromatic heterocycles. The maximum atomic E-state index is 10.8. The Morgan fingerprint density at radius 3 is 2.57 bits per heavy atom. The van der Waals surface area contributed by atoms with Crippen LogP contribution in [0, 0.1) is 0 Å². The van der Waals surface area contributed by atoms with Crippen molar-refractivity contribution < 1.29 is 22.7 Å². The van der Waals surface area contributed by atoms with Crippen LogP contribution in [-0.4, -0.2) is 53.5 Å². The molecule has 0 aromatic carbocycles. The summed E-state index contributed by atoms with van der Waals surface area (Å²) in [5, 5.41) is 0.919. The van der Waals surface area contributed by atoms with Crippen LogP contribution in [0.25, 0.3) is 0 Å². The van der Waals surface area contributed by atoms with Gasteiger partial charge in [-0.3, -0.25) is 4.55 Å². The van der Waals surface area contributed by atoms with Crippen molar-refractivity contribution in [1.29, 1.82) is 0 Å². The number of rotatable bonds is 4. The highest BCUT2D eigenvalue weighted by atomic mass is 32.3. The van der Waals surface area contributed by atoms with E-state index in [9.17, 15) is 8.42 Å².